The third-order valence-electron chi connectivity index (χ3n) is 6.71. The SMILES string of the molecule is CC(C)c1c2c(cc3ccccc13)-c1nccc3c1c(cc1ccc(CC(C)(C)C)cc13)S2. The molecule has 0 atom stereocenters. The van der Waals surface area contributed by atoms with Gasteiger partial charge in [-0.05, 0) is 74.0 Å². The summed E-state index contributed by atoms with van der Waals surface area (Å²) in [5.41, 5.74) is 5.53. The lowest BCUT2D eigenvalue weighted by Gasteiger charge is -2.26. The summed E-state index contributed by atoms with van der Waals surface area (Å²) in [5, 5.41) is 7.95. The minimum atomic E-state index is 0.269. The zero-order valence-corrected chi connectivity index (χ0v) is 20.8. The lowest BCUT2D eigenvalue weighted by molar-refractivity contribution is 0.411. The number of nitrogens with zero attached hydrogens (tertiary/aromatic N) is 1. The highest BCUT2D eigenvalue weighted by molar-refractivity contribution is 8.00. The normalized spacial score (nSPS) is 13.3. The summed E-state index contributed by atoms with van der Waals surface area (Å²) in [6.07, 6.45) is 3.08. The van der Waals surface area contributed by atoms with Gasteiger partial charge in [0.1, 0.15) is 0 Å². The predicted octanol–water partition coefficient (Wildman–Crippen LogP) is 9.38. The van der Waals surface area contributed by atoms with Gasteiger partial charge in [0.25, 0.3) is 0 Å². The molecule has 33 heavy (non-hydrogen) atoms. The van der Waals surface area contributed by atoms with Crippen LogP contribution in [0.3, 0.4) is 0 Å². The number of rotatable bonds is 2. The van der Waals surface area contributed by atoms with Crippen molar-refractivity contribution in [3.63, 3.8) is 0 Å². The van der Waals surface area contributed by atoms with Crippen molar-refractivity contribution in [3.05, 3.63) is 78.0 Å². The van der Waals surface area contributed by atoms with E-state index >= 15 is 0 Å². The minimum absolute atomic E-state index is 0.269. The number of aromatic nitrogens is 1. The Labute approximate surface area is 200 Å². The lowest BCUT2D eigenvalue weighted by Crippen LogP contribution is -2.09. The first kappa shape index (κ1) is 20.7. The second kappa shape index (κ2) is 7.33. The molecule has 0 aliphatic carbocycles. The molecule has 1 aromatic heterocycles. The fourth-order valence-corrected chi connectivity index (χ4v) is 6.88. The van der Waals surface area contributed by atoms with Crippen molar-refractivity contribution in [2.75, 3.05) is 0 Å². The lowest BCUT2D eigenvalue weighted by atomic mass is 9.86. The zero-order chi connectivity index (χ0) is 22.9. The molecule has 1 nitrogen and oxygen atoms in total. The Hall–Kier alpha value is -2.84. The summed E-state index contributed by atoms with van der Waals surface area (Å²) in [6, 6.07) is 22.8. The van der Waals surface area contributed by atoms with Crippen LogP contribution in [0.25, 0.3) is 43.6 Å². The summed E-state index contributed by atoms with van der Waals surface area (Å²) >= 11 is 1.93. The first-order chi connectivity index (χ1) is 15.8. The Balaban J connectivity index is 1.68. The van der Waals surface area contributed by atoms with Crippen LogP contribution in [0.4, 0.5) is 0 Å². The fourth-order valence-electron chi connectivity index (χ4n) is 5.44. The molecule has 0 saturated carbocycles. The number of benzene rings is 4. The van der Waals surface area contributed by atoms with Gasteiger partial charge in [-0.1, -0.05) is 88.8 Å². The molecule has 2 heteroatoms. The molecule has 1 aliphatic heterocycles. The smallest absolute Gasteiger partial charge is 0.0803 e. The van der Waals surface area contributed by atoms with Crippen molar-refractivity contribution in [2.24, 2.45) is 5.41 Å². The van der Waals surface area contributed by atoms with E-state index in [4.69, 9.17) is 4.98 Å². The van der Waals surface area contributed by atoms with Gasteiger partial charge in [0.15, 0.2) is 0 Å². The number of hydrogen-bond acceptors (Lipinski definition) is 2. The second-order valence-electron chi connectivity index (χ2n) is 10.9. The Morgan fingerprint density at radius 1 is 0.848 bits per heavy atom. The molecule has 0 radical (unpaired) electrons. The molecule has 0 unspecified atom stereocenters. The Kier molecular flexibility index (Phi) is 4.61. The molecular weight excluding hydrogens is 418 g/mol. The van der Waals surface area contributed by atoms with Crippen LogP contribution in [0.1, 0.15) is 51.7 Å². The summed E-state index contributed by atoms with van der Waals surface area (Å²) in [4.78, 5) is 7.66. The molecule has 0 N–H and O–H groups in total. The molecule has 4 aromatic carbocycles. The molecule has 0 bridgehead atoms. The largest absolute Gasteiger partial charge is 0.256 e. The Morgan fingerprint density at radius 3 is 2.42 bits per heavy atom. The molecule has 0 spiro atoms. The van der Waals surface area contributed by atoms with Gasteiger partial charge in [0.05, 0.1) is 5.69 Å². The molecule has 164 valence electrons. The van der Waals surface area contributed by atoms with E-state index in [1.807, 2.05) is 18.0 Å². The van der Waals surface area contributed by atoms with Crippen LogP contribution in [0, 0.1) is 5.41 Å². The third-order valence-corrected chi connectivity index (χ3v) is 7.90. The van der Waals surface area contributed by atoms with Crippen molar-refractivity contribution in [3.8, 4) is 11.3 Å². The molecule has 6 rings (SSSR count). The predicted molar refractivity (Wildman–Crippen MR) is 144 cm³/mol. The maximum Gasteiger partial charge on any atom is 0.0803 e. The van der Waals surface area contributed by atoms with E-state index in [0.717, 1.165) is 12.1 Å². The van der Waals surface area contributed by atoms with Crippen LogP contribution in [-0.2, 0) is 6.42 Å². The van der Waals surface area contributed by atoms with Crippen molar-refractivity contribution >= 4 is 44.1 Å². The molecule has 0 saturated heterocycles. The molecule has 0 fully saturated rings. The van der Waals surface area contributed by atoms with Gasteiger partial charge in [-0.15, -0.1) is 0 Å². The van der Waals surface area contributed by atoms with Gasteiger partial charge in [-0.3, -0.25) is 4.98 Å². The van der Waals surface area contributed by atoms with Gasteiger partial charge in [-0.25, -0.2) is 0 Å². The van der Waals surface area contributed by atoms with E-state index in [1.54, 1.807) is 0 Å². The molecular formula is C31H29NS. The average molecular weight is 448 g/mol. The zero-order valence-electron chi connectivity index (χ0n) is 20.0. The van der Waals surface area contributed by atoms with Crippen molar-refractivity contribution < 1.29 is 0 Å². The number of fused-ring (bicyclic) bond motifs is 5. The topological polar surface area (TPSA) is 12.9 Å². The fraction of sp³-hybridized carbons (Fsp3) is 0.258. The van der Waals surface area contributed by atoms with Crippen LogP contribution < -0.4 is 0 Å². The average Bonchev–Trinajstić information content (AvgIpc) is 2.77. The van der Waals surface area contributed by atoms with Gasteiger partial charge < -0.3 is 0 Å². The monoisotopic (exact) mass is 447 g/mol. The van der Waals surface area contributed by atoms with E-state index in [-0.39, 0.29) is 5.41 Å². The summed E-state index contributed by atoms with van der Waals surface area (Å²) < 4.78 is 0. The van der Waals surface area contributed by atoms with Crippen molar-refractivity contribution in [1.82, 2.24) is 4.98 Å². The van der Waals surface area contributed by atoms with E-state index < -0.39 is 0 Å². The van der Waals surface area contributed by atoms with Crippen LogP contribution in [0.2, 0.25) is 0 Å². The van der Waals surface area contributed by atoms with Gasteiger partial charge in [0.2, 0.25) is 0 Å². The quantitative estimate of drug-likeness (QED) is 0.245. The molecule has 2 heterocycles. The van der Waals surface area contributed by atoms with E-state index in [9.17, 15) is 0 Å². The van der Waals surface area contributed by atoms with Crippen LogP contribution in [0.15, 0.2) is 76.7 Å². The van der Waals surface area contributed by atoms with E-state index in [1.165, 1.54) is 58.8 Å². The molecule has 1 aliphatic rings. The van der Waals surface area contributed by atoms with Gasteiger partial charge >= 0.3 is 0 Å². The maximum atomic E-state index is 4.96. The first-order valence-corrected chi connectivity index (χ1v) is 12.7. The first-order valence-electron chi connectivity index (χ1n) is 11.9. The van der Waals surface area contributed by atoms with Gasteiger partial charge in [-0.2, -0.15) is 0 Å². The molecule has 0 amide bonds. The van der Waals surface area contributed by atoms with E-state index in [0.29, 0.717) is 5.92 Å². The van der Waals surface area contributed by atoms with Crippen LogP contribution in [-0.4, -0.2) is 4.98 Å². The standard InChI is InChI=1S/C31H29NS/c1-18(2)27-22-9-7-6-8-20(22)15-25-29-28-23(12-13-32-29)24-14-19(17-31(3,4)5)10-11-21(24)16-26(28)33-30(25)27/h6-16,18H,17H2,1-5H3. The third kappa shape index (κ3) is 3.35. The van der Waals surface area contributed by atoms with E-state index in [2.05, 4.69) is 95.3 Å². The van der Waals surface area contributed by atoms with Crippen molar-refractivity contribution in [1.29, 1.82) is 0 Å². The van der Waals surface area contributed by atoms with Crippen molar-refractivity contribution in [2.45, 2.75) is 56.7 Å². The summed E-state index contributed by atoms with van der Waals surface area (Å²) in [5.74, 6) is 0.443. The highest BCUT2D eigenvalue weighted by Gasteiger charge is 2.26. The van der Waals surface area contributed by atoms with Crippen LogP contribution in [0.5, 0.6) is 0 Å². The van der Waals surface area contributed by atoms with Crippen LogP contribution >= 0.6 is 11.8 Å². The second-order valence-corrected chi connectivity index (χ2v) is 11.9. The number of hydrogen-bond donors (Lipinski definition) is 0. The summed E-state index contributed by atoms with van der Waals surface area (Å²) in [7, 11) is 0. The summed E-state index contributed by atoms with van der Waals surface area (Å²) in [6.45, 7) is 11.5. The number of pyridine rings is 1. The highest BCUT2D eigenvalue weighted by atomic mass is 32.2. The molecule has 5 aromatic rings. The minimum Gasteiger partial charge on any atom is -0.256 e. The Morgan fingerprint density at radius 2 is 1.64 bits per heavy atom. The Bertz CT molecular complexity index is 1570. The highest BCUT2D eigenvalue weighted by Crippen LogP contribution is 2.52. The maximum absolute atomic E-state index is 4.96. The van der Waals surface area contributed by atoms with Gasteiger partial charge in [0, 0.05) is 26.9 Å².